The topological polar surface area (TPSA) is 53.2 Å². The summed E-state index contributed by atoms with van der Waals surface area (Å²) in [5, 5.41) is 0. The fourth-order valence-electron chi connectivity index (χ4n) is 1.62. The maximum Gasteiger partial charge on any atom is 0.331 e. The second-order valence-electron chi connectivity index (χ2n) is 4.02. The molecule has 6 heteroatoms. The molecule has 0 amide bonds. The van der Waals surface area contributed by atoms with Gasteiger partial charge in [-0.25, -0.2) is 4.79 Å². The van der Waals surface area contributed by atoms with E-state index < -0.39 is 0 Å². The molecule has 1 heterocycles. The van der Waals surface area contributed by atoms with Crippen LogP contribution in [-0.2, 0) is 17.8 Å². The molecule has 0 saturated carbocycles. The highest BCUT2D eigenvalue weighted by atomic mass is 127. The molecule has 18 heavy (non-hydrogen) atoms. The van der Waals surface area contributed by atoms with Crippen LogP contribution in [0, 0.1) is 3.57 Å². The Morgan fingerprint density at radius 1 is 1.17 bits per heavy atom. The van der Waals surface area contributed by atoms with Crippen LogP contribution in [0.25, 0.3) is 0 Å². The van der Waals surface area contributed by atoms with E-state index in [1.54, 1.807) is 10.8 Å². The van der Waals surface area contributed by atoms with Gasteiger partial charge >= 0.3 is 5.69 Å². The van der Waals surface area contributed by atoms with Crippen LogP contribution in [-0.4, -0.2) is 22.3 Å². The van der Waals surface area contributed by atoms with Crippen molar-refractivity contribution in [2.75, 3.05) is 13.2 Å². The lowest BCUT2D eigenvalue weighted by Gasteiger charge is -2.10. The van der Waals surface area contributed by atoms with Crippen molar-refractivity contribution in [2.24, 2.45) is 0 Å². The van der Waals surface area contributed by atoms with Crippen molar-refractivity contribution in [1.29, 1.82) is 0 Å². The summed E-state index contributed by atoms with van der Waals surface area (Å²) in [6.45, 7) is 6.02. The van der Waals surface area contributed by atoms with Crippen molar-refractivity contribution < 1.29 is 4.74 Å². The first-order valence-corrected chi connectivity index (χ1v) is 7.27. The molecule has 0 radical (unpaired) electrons. The molecule has 0 unspecified atom stereocenters. The highest BCUT2D eigenvalue weighted by Gasteiger charge is 2.08. The Kier molecular flexibility index (Phi) is 6.62. The third-order valence-electron chi connectivity index (χ3n) is 2.47. The molecule has 0 N–H and O–H groups in total. The molecule has 0 aliphatic heterocycles. The molecule has 1 aromatic heterocycles. The van der Waals surface area contributed by atoms with Crippen LogP contribution >= 0.6 is 22.6 Å². The van der Waals surface area contributed by atoms with E-state index in [4.69, 9.17) is 4.74 Å². The highest BCUT2D eigenvalue weighted by Crippen LogP contribution is 1.96. The lowest BCUT2D eigenvalue weighted by Crippen LogP contribution is -2.41. The molecule has 0 aliphatic carbocycles. The number of ether oxygens (including phenoxy) is 1. The van der Waals surface area contributed by atoms with Crippen LogP contribution in [0.5, 0.6) is 0 Å². The predicted octanol–water partition coefficient (Wildman–Crippen LogP) is 1.45. The van der Waals surface area contributed by atoms with Crippen molar-refractivity contribution >= 4 is 22.6 Å². The Bertz CT molecular complexity index is 493. The zero-order chi connectivity index (χ0) is 13.5. The van der Waals surface area contributed by atoms with E-state index in [1.165, 1.54) is 4.57 Å². The minimum absolute atomic E-state index is 0.229. The second kappa shape index (κ2) is 7.73. The Morgan fingerprint density at radius 3 is 2.50 bits per heavy atom. The molecule has 0 saturated heterocycles. The van der Waals surface area contributed by atoms with E-state index in [0.717, 1.165) is 12.8 Å². The smallest absolute Gasteiger partial charge is 0.331 e. The molecule has 0 fully saturated rings. The third kappa shape index (κ3) is 3.94. The Labute approximate surface area is 120 Å². The fraction of sp³-hybridized carbons (Fsp3) is 0.667. The summed E-state index contributed by atoms with van der Waals surface area (Å²) in [5.41, 5.74) is -0.476. The third-order valence-corrected chi connectivity index (χ3v) is 3.21. The Balaban J connectivity index is 2.94. The van der Waals surface area contributed by atoms with Gasteiger partial charge < -0.3 is 4.74 Å². The Morgan fingerprint density at radius 2 is 1.89 bits per heavy atom. The fourth-order valence-corrected chi connectivity index (χ4v) is 2.25. The minimum atomic E-state index is -0.248. The van der Waals surface area contributed by atoms with Crippen LogP contribution in [0.3, 0.4) is 0 Å². The van der Waals surface area contributed by atoms with Crippen LogP contribution in [0.4, 0.5) is 0 Å². The van der Waals surface area contributed by atoms with Gasteiger partial charge in [0.1, 0.15) is 0 Å². The summed E-state index contributed by atoms with van der Waals surface area (Å²) in [5.74, 6) is 0. The van der Waals surface area contributed by atoms with Gasteiger partial charge in [-0.15, -0.1) is 0 Å². The SMILES string of the molecule is CCCOCCn1c(=O)c(I)cn(CCC)c1=O. The molecular weight excluding hydrogens is 347 g/mol. The molecule has 5 nitrogen and oxygen atoms in total. The summed E-state index contributed by atoms with van der Waals surface area (Å²) in [6.07, 6.45) is 3.42. The van der Waals surface area contributed by atoms with Gasteiger partial charge in [0.2, 0.25) is 0 Å². The molecule has 102 valence electrons. The zero-order valence-electron chi connectivity index (χ0n) is 10.8. The number of aromatic nitrogens is 2. The molecule has 0 spiro atoms. The number of rotatable bonds is 7. The van der Waals surface area contributed by atoms with Crippen LogP contribution in [0.1, 0.15) is 26.7 Å². The van der Waals surface area contributed by atoms with E-state index in [1.807, 2.05) is 36.4 Å². The summed E-state index contributed by atoms with van der Waals surface area (Å²) in [4.78, 5) is 24.0. The standard InChI is InChI=1S/C12H19IN2O3/c1-3-5-14-9-10(13)11(16)15(12(14)17)6-8-18-7-4-2/h9H,3-8H2,1-2H3. The van der Waals surface area contributed by atoms with Gasteiger partial charge in [0, 0.05) is 19.3 Å². The lowest BCUT2D eigenvalue weighted by atomic mass is 10.4. The second-order valence-corrected chi connectivity index (χ2v) is 5.18. The van der Waals surface area contributed by atoms with E-state index >= 15 is 0 Å². The lowest BCUT2D eigenvalue weighted by molar-refractivity contribution is 0.124. The van der Waals surface area contributed by atoms with Gasteiger partial charge in [-0.2, -0.15) is 0 Å². The zero-order valence-corrected chi connectivity index (χ0v) is 13.0. The van der Waals surface area contributed by atoms with Gasteiger partial charge in [0.15, 0.2) is 0 Å². The van der Waals surface area contributed by atoms with Crippen LogP contribution in [0.15, 0.2) is 15.8 Å². The first-order chi connectivity index (χ1) is 8.61. The van der Waals surface area contributed by atoms with Crippen LogP contribution < -0.4 is 11.2 Å². The maximum absolute atomic E-state index is 12.1. The molecule has 1 aromatic rings. The number of halogens is 1. The van der Waals surface area contributed by atoms with Crippen molar-refractivity contribution in [2.45, 2.75) is 39.8 Å². The maximum atomic E-state index is 12.1. The van der Waals surface area contributed by atoms with Crippen LogP contribution in [0.2, 0.25) is 0 Å². The summed E-state index contributed by atoms with van der Waals surface area (Å²) in [7, 11) is 0. The van der Waals surface area contributed by atoms with Crippen molar-refractivity contribution in [3.63, 3.8) is 0 Å². The van der Waals surface area contributed by atoms with E-state index in [0.29, 0.717) is 29.9 Å². The van der Waals surface area contributed by atoms with Gasteiger partial charge in [-0.3, -0.25) is 13.9 Å². The number of hydrogen-bond acceptors (Lipinski definition) is 3. The number of nitrogens with zero attached hydrogens (tertiary/aromatic N) is 2. The predicted molar refractivity (Wildman–Crippen MR) is 79.1 cm³/mol. The van der Waals surface area contributed by atoms with Gasteiger partial charge in [0.05, 0.1) is 16.7 Å². The van der Waals surface area contributed by atoms with E-state index in [9.17, 15) is 9.59 Å². The summed E-state index contributed by atoms with van der Waals surface area (Å²) >= 11 is 1.97. The average molecular weight is 366 g/mol. The van der Waals surface area contributed by atoms with Gasteiger partial charge in [-0.05, 0) is 35.4 Å². The normalized spacial score (nSPS) is 10.8. The van der Waals surface area contributed by atoms with E-state index in [-0.39, 0.29) is 11.2 Å². The average Bonchev–Trinajstić information content (AvgIpc) is 2.35. The first kappa shape index (κ1) is 15.4. The summed E-state index contributed by atoms with van der Waals surface area (Å²) in [6, 6.07) is 0. The molecular formula is C12H19IN2O3. The molecule has 0 atom stereocenters. The van der Waals surface area contributed by atoms with Crippen molar-refractivity contribution in [3.05, 3.63) is 30.6 Å². The van der Waals surface area contributed by atoms with Crippen molar-refractivity contribution in [3.8, 4) is 0 Å². The van der Waals surface area contributed by atoms with Gasteiger partial charge in [0.25, 0.3) is 5.56 Å². The Hall–Kier alpha value is -0.630. The number of hydrogen-bond donors (Lipinski definition) is 0. The molecule has 0 bridgehead atoms. The molecule has 0 aromatic carbocycles. The first-order valence-electron chi connectivity index (χ1n) is 6.19. The van der Waals surface area contributed by atoms with Gasteiger partial charge in [-0.1, -0.05) is 13.8 Å². The monoisotopic (exact) mass is 366 g/mol. The largest absolute Gasteiger partial charge is 0.380 e. The summed E-state index contributed by atoms with van der Waals surface area (Å²) < 4.78 is 8.74. The molecule has 0 aliphatic rings. The molecule has 1 rings (SSSR count). The number of aryl methyl sites for hydroxylation is 1. The minimum Gasteiger partial charge on any atom is -0.380 e. The van der Waals surface area contributed by atoms with Crippen molar-refractivity contribution in [1.82, 2.24) is 9.13 Å². The highest BCUT2D eigenvalue weighted by molar-refractivity contribution is 14.1. The van der Waals surface area contributed by atoms with E-state index in [2.05, 4.69) is 0 Å². The quantitative estimate of drug-likeness (QED) is 0.542.